The van der Waals surface area contributed by atoms with Gasteiger partial charge in [0.05, 0.1) is 6.07 Å². The number of rotatable bonds is 9. The molecule has 1 saturated heterocycles. The van der Waals surface area contributed by atoms with E-state index in [1.807, 2.05) is 30.3 Å². The summed E-state index contributed by atoms with van der Waals surface area (Å²) in [4.78, 5) is 49.6. The molecule has 2 aliphatic rings. The maximum atomic E-state index is 12.9. The molecule has 1 aliphatic heterocycles. The lowest BCUT2D eigenvalue weighted by Crippen LogP contribution is -2.59. The van der Waals surface area contributed by atoms with Crippen molar-refractivity contribution < 1.29 is 29.4 Å². The first-order valence-electron chi connectivity index (χ1n) is 12.9. The van der Waals surface area contributed by atoms with Gasteiger partial charge in [0.1, 0.15) is 12.1 Å². The van der Waals surface area contributed by atoms with E-state index in [1.165, 1.54) is 6.42 Å². The zero-order valence-electron chi connectivity index (χ0n) is 21.8. The Bertz CT molecular complexity index is 1000. The number of nitrogens with zero attached hydrogens (tertiary/aromatic N) is 3. The molecule has 1 aliphatic carbocycles. The second kappa shape index (κ2) is 15.4. The summed E-state index contributed by atoms with van der Waals surface area (Å²) >= 11 is 0. The van der Waals surface area contributed by atoms with Gasteiger partial charge < -0.3 is 25.7 Å². The second-order valence-corrected chi connectivity index (χ2v) is 9.32. The van der Waals surface area contributed by atoms with E-state index < -0.39 is 17.5 Å². The number of carbonyl (C=O) groups excluding carboxylic acids is 2. The first-order chi connectivity index (χ1) is 18.2. The van der Waals surface area contributed by atoms with E-state index in [9.17, 15) is 19.2 Å². The molecule has 11 heteroatoms. The Kier molecular flexibility index (Phi) is 12.3. The molecule has 1 saturated carbocycles. The zero-order chi connectivity index (χ0) is 28.0. The molecule has 0 atom stereocenters. The average molecular weight is 528 g/mol. The van der Waals surface area contributed by atoms with Crippen LogP contribution in [0.25, 0.3) is 0 Å². The molecule has 1 aromatic rings. The van der Waals surface area contributed by atoms with E-state index in [1.54, 1.807) is 0 Å². The number of carboxylic acid groups (broad SMARTS) is 2. The monoisotopic (exact) mass is 527 g/mol. The number of piperazine rings is 1. The molecule has 11 nitrogen and oxygen atoms in total. The van der Waals surface area contributed by atoms with Gasteiger partial charge in [-0.2, -0.15) is 5.26 Å². The smallest absolute Gasteiger partial charge is 0.328 e. The van der Waals surface area contributed by atoms with Gasteiger partial charge in [0.15, 0.2) is 0 Å². The summed E-state index contributed by atoms with van der Waals surface area (Å²) in [5.41, 5.74) is 0.767. The lowest BCUT2D eigenvalue weighted by Gasteiger charge is -2.37. The summed E-state index contributed by atoms with van der Waals surface area (Å²) in [6, 6.07) is 9.60. The maximum absolute atomic E-state index is 12.9. The molecule has 0 radical (unpaired) electrons. The molecule has 0 spiro atoms. The average Bonchev–Trinajstić information content (AvgIpc) is 2.92. The Hall–Kier alpha value is -3.91. The van der Waals surface area contributed by atoms with Crippen molar-refractivity contribution in [1.29, 1.82) is 5.26 Å². The van der Waals surface area contributed by atoms with Gasteiger partial charge >= 0.3 is 11.9 Å². The normalized spacial score (nSPS) is 17.0. The lowest BCUT2D eigenvalue weighted by molar-refractivity contribution is -0.134. The zero-order valence-corrected chi connectivity index (χ0v) is 21.8. The van der Waals surface area contributed by atoms with Crippen LogP contribution in [0.2, 0.25) is 0 Å². The first kappa shape index (κ1) is 30.3. The number of anilines is 1. The van der Waals surface area contributed by atoms with E-state index in [-0.39, 0.29) is 18.4 Å². The SMILES string of the molecule is CCCN1CCN(c2ccc(C(=O)NC3(C(=O)NCC#N)CCCCC3)cc2)CC1.O=C(O)C=CC(=O)O. The second-order valence-electron chi connectivity index (χ2n) is 9.32. The summed E-state index contributed by atoms with van der Waals surface area (Å²) in [6.45, 7) is 7.43. The molecule has 38 heavy (non-hydrogen) atoms. The minimum Gasteiger partial charge on any atom is -0.478 e. The predicted molar refractivity (Wildman–Crippen MR) is 142 cm³/mol. The number of carbonyl (C=O) groups is 4. The molecular formula is C27H37N5O6. The van der Waals surface area contributed by atoms with Gasteiger partial charge in [0.2, 0.25) is 5.91 Å². The van der Waals surface area contributed by atoms with Crippen LogP contribution >= 0.6 is 0 Å². The summed E-state index contributed by atoms with van der Waals surface area (Å²) in [5.74, 6) is -3.00. The quantitative estimate of drug-likeness (QED) is 0.278. The Balaban J connectivity index is 0.000000550. The summed E-state index contributed by atoms with van der Waals surface area (Å²) in [5, 5.41) is 30.0. The van der Waals surface area contributed by atoms with E-state index in [0.717, 1.165) is 57.7 Å². The highest BCUT2D eigenvalue weighted by molar-refractivity contribution is 5.99. The highest BCUT2D eigenvalue weighted by atomic mass is 16.4. The van der Waals surface area contributed by atoms with Crippen molar-refractivity contribution in [3.05, 3.63) is 42.0 Å². The van der Waals surface area contributed by atoms with Crippen LogP contribution in [0.3, 0.4) is 0 Å². The molecule has 2 fully saturated rings. The van der Waals surface area contributed by atoms with Crippen molar-refractivity contribution in [3.8, 4) is 6.07 Å². The van der Waals surface area contributed by atoms with Crippen LogP contribution in [0.1, 0.15) is 55.8 Å². The third-order valence-corrected chi connectivity index (χ3v) is 6.60. The summed E-state index contributed by atoms with van der Waals surface area (Å²) in [7, 11) is 0. The van der Waals surface area contributed by atoms with Gasteiger partial charge in [-0.1, -0.05) is 26.2 Å². The van der Waals surface area contributed by atoms with E-state index in [2.05, 4.69) is 27.4 Å². The standard InChI is InChI=1S/C23H33N5O2.C4H4O4/c1-2-14-27-15-17-28(18-16-27)20-8-6-19(7-9-20)21(29)26-23(10-4-3-5-11-23)22(30)25-13-12-24;5-3(6)1-2-4(7)8/h6-9H,2-5,10-11,13-18H2,1H3,(H,25,30)(H,26,29);1-2H,(H,5,6)(H,7,8). The van der Waals surface area contributed by atoms with Crippen molar-refractivity contribution in [3.63, 3.8) is 0 Å². The minimum absolute atomic E-state index is 0.0450. The summed E-state index contributed by atoms with van der Waals surface area (Å²) in [6.07, 6.45) is 6.35. The van der Waals surface area contributed by atoms with E-state index in [0.29, 0.717) is 30.6 Å². The van der Waals surface area contributed by atoms with Crippen molar-refractivity contribution >= 4 is 29.4 Å². The summed E-state index contributed by atoms with van der Waals surface area (Å²) < 4.78 is 0. The molecule has 1 heterocycles. The van der Waals surface area contributed by atoms with Crippen LogP contribution in [-0.4, -0.2) is 83.7 Å². The molecule has 0 bridgehead atoms. The Morgan fingerprint density at radius 3 is 2.05 bits per heavy atom. The molecule has 0 aromatic heterocycles. The number of benzene rings is 1. The third-order valence-electron chi connectivity index (χ3n) is 6.60. The van der Waals surface area contributed by atoms with Crippen molar-refractivity contribution in [2.45, 2.75) is 51.0 Å². The molecule has 206 valence electrons. The van der Waals surface area contributed by atoms with E-state index in [4.69, 9.17) is 15.5 Å². The van der Waals surface area contributed by atoms with Crippen LogP contribution in [0.4, 0.5) is 5.69 Å². The largest absolute Gasteiger partial charge is 0.478 e. The molecule has 1 aromatic carbocycles. The fourth-order valence-corrected chi connectivity index (χ4v) is 4.65. The van der Waals surface area contributed by atoms with Crippen LogP contribution in [-0.2, 0) is 14.4 Å². The molecule has 3 rings (SSSR count). The van der Waals surface area contributed by atoms with Crippen LogP contribution < -0.4 is 15.5 Å². The van der Waals surface area contributed by atoms with Gasteiger partial charge in [-0.15, -0.1) is 0 Å². The lowest BCUT2D eigenvalue weighted by atomic mass is 9.80. The van der Waals surface area contributed by atoms with Gasteiger partial charge in [-0.25, -0.2) is 9.59 Å². The van der Waals surface area contributed by atoms with Crippen LogP contribution in [0.5, 0.6) is 0 Å². The van der Waals surface area contributed by atoms with Gasteiger partial charge in [0, 0.05) is 49.6 Å². The Labute approximate surface area is 223 Å². The molecule has 4 N–H and O–H groups in total. The fourth-order valence-electron chi connectivity index (χ4n) is 4.65. The predicted octanol–water partition coefficient (Wildman–Crippen LogP) is 2.00. The minimum atomic E-state index is -1.26. The highest BCUT2D eigenvalue weighted by Crippen LogP contribution is 2.29. The third kappa shape index (κ3) is 9.52. The number of carboxylic acids is 2. The van der Waals surface area contributed by atoms with Gasteiger partial charge in [-0.3, -0.25) is 14.5 Å². The topological polar surface area (TPSA) is 163 Å². The molecular weight excluding hydrogens is 490 g/mol. The van der Waals surface area contributed by atoms with Crippen molar-refractivity contribution in [1.82, 2.24) is 15.5 Å². The van der Waals surface area contributed by atoms with Gasteiger partial charge in [-0.05, 0) is 50.1 Å². The van der Waals surface area contributed by atoms with Crippen LogP contribution in [0, 0.1) is 11.3 Å². The van der Waals surface area contributed by atoms with Crippen molar-refractivity contribution in [2.24, 2.45) is 0 Å². The fraction of sp³-hybridized carbons (Fsp3) is 0.519. The van der Waals surface area contributed by atoms with Gasteiger partial charge in [0.25, 0.3) is 5.91 Å². The highest BCUT2D eigenvalue weighted by Gasteiger charge is 2.40. The number of amides is 2. The van der Waals surface area contributed by atoms with E-state index >= 15 is 0 Å². The van der Waals surface area contributed by atoms with Crippen molar-refractivity contribution in [2.75, 3.05) is 44.2 Å². The number of aliphatic carboxylic acids is 2. The molecule has 2 amide bonds. The van der Waals surface area contributed by atoms with Crippen LogP contribution in [0.15, 0.2) is 36.4 Å². The Morgan fingerprint density at radius 1 is 0.974 bits per heavy atom. The first-order valence-corrected chi connectivity index (χ1v) is 12.9. The Morgan fingerprint density at radius 2 is 1.55 bits per heavy atom. The maximum Gasteiger partial charge on any atom is 0.328 e. The number of nitriles is 1. The molecule has 0 unspecified atom stereocenters. The number of nitrogens with one attached hydrogen (secondary N) is 2. The number of hydrogen-bond acceptors (Lipinski definition) is 7. The number of hydrogen-bond donors (Lipinski definition) is 4.